The Bertz CT molecular complexity index is 833. The number of hydrogen-bond acceptors (Lipinski definition) is 6. The average molecular weight is 371 g/mol. The highest BCUT2D eigenvalue weighted by atomic mass is 16.5. The lowest BCUT2D eigenvalue weighted by atomic mass is 10.1. The van der Waals surface area contributed by atoms with Gasteiger partial charge in [-0.1, -0.05) is 35.5 Å². The first kappa shape index (κ1) is 18.6. The number of esters is 1. The summed E-state index contributed by atoms with van der Waals surface area (Å²) in [5.74, 6) is -0.943. The van der Waals surface area contributed by atoms with Gasteiger partial charge in [0, 0.05) is 19.0 Å². The fraction of sp³-hybridized carbons (Fsp3) is 0.368. The highest BCUT2D eigenvalue weighted by Gasteiger charge is 2.38. The first-order chi connectivity index (χ1) is 12.9. The largest absolute Gasteiger partial charge is 0.455 e. The molecule has 2 heterocycles. The average Bonchev–Trinajstić information content (AvgIpc) is 3.25. The van der Waals surface area contributed by atoms with Gasteiger partial charge in [-0.3, -0.25) is 14.4 Å². The summed E-state index contributed by atoms with van der Waals surface area (Å²) in [5.41, 5.74) is 1.00. The van der Waals surface area contributed by atoms with E-state index in [4.69, 9.17) is 9.26 Å². The van der Waals surface area contributed by atoms with Crippen LogP contribution in [-0.4, -0.2) is 41.0 Å². The fourth-order valence-electron chi connectivity index (χ4n) is 3.03. The summed E-state index contributed by atoms with van der Waals surface area (Å²) in [6.45, 7) is 3.46. The van der Waals surface area contributed by atoms with Crippen molar-refractivity contribution >= 4 is 23.6 Å². The Kier molecular flexibility index (Phi) is 5.54. The summed E-state index contributed by atoms with van der Waals surface area (Å²) >= 11 is 0. The Morgan fingerprint density at radius 1 is 1.37 bits per heavy atom. The first-order valence-corrected chi connectivity index (χ1v) is 8.68. The number of rotatable bonds is 6. The van der Waals surface area contributed by atoms with Crippen LogP contribution >= 0.6 is 0 Å². The van der Waals surface area contributed by atoms with Gasteiger partial charge in [0.05, 0.1) is 12.0 Å². The van der Waals surface area contributed by atoms with Crippen molar-refractivity contribution in [3.05, 3.63) is 47.7 Å². The van der Waals surface area contributed by atoms with Gasteiger partial charge >= 0.3 is 5.97 Å². The molecule has 27 heavy (non-hydrogen) atoms. The van der Waals surface area contributed by atoms with Crippen LogP contribution in [0.2, 0.25) is 0 Å². The topological polar surface area (TPSA) is 102 Å². The lowest BCUT2D eigenvalue weighted by Gasteiger charge is -2.25. The summed E-state index contributed by atoms with van der Waals surface area (Å²) in [4.78, 5) is 38.0. The number of benzene rings is 1. The molecule has 142 valence electrons. The molecule has 1 aromatic heterocycles. The van der Waals surface area contributed by atoms with Crippen molar-refractivity contribution in [2.45, 2.75) is 26.3 Å². The molecule has 2 aromatic rings. The van der Waals surface area contributed by atoms with E-state index in [0.717, 1.165) is 5.56 Å². The van der Waals surface area contributed by atoms with Gasteiger partial charge in [-0.2, -0.15) is 0 Å². The lowest BCUT2D eigenvalue weighted by molar-refractivity contribution is -0.151. The fourth-order valence-corrected chi connectivity index (χ4v) is 3.03. The third kappa shape index (κ3) is 4.52. The molecule has 3 rings (SSSR count). The van der Waals surface area contributed by atoms with Gasteiger partial charge in [0.2, 0.25) is 5.91 Å². The summed E-state index contributed by atoms with van der Waals surface area (Å²) in [7, 11) is 0. The van der Waals surface area contributed by atoms with E-state index in [0.29, 0.717) is 5.76 Å². The lowest BCUT2D eigenvalue weighted by Crippen LogP contribution is -2.30. The maximum absolute atomic E-state index is 12.3. The van der Waals surface area contributed by atoms with E-state index < -0.39 is 24.4 Å². The molecule has 0 unspecified atom stereocenters. The van der Waals surface area contributed by atoms with Crippen LogP contribution in [0.3, 0.4) is 0 Å². The number of amides is 2. The van der Waals surface area contributed by atoms with Crippen molar-refractivity contribution < 1.29 is 23.6 Å². The third-order valence-corrected chi connectivity index (χ3v) is 4.48. The van der Waals surface area contributed by atoms with Crippen LogP contribution in [0.4, 0.5) is 5.82 Å². The second-order valence-corrected chi connectivity index (χ2v) is 6.51. The summed E-state index contributed by atoms with van der Waals surface area (Å²) < 4.78 is 9.90. The van der Waals surface area contributed by atoms with Crippen LogP contribution in [0.1, 0.15) is 30.7 Å². The SMILES string of the molecule is Cc1cc(NC(=O)COC(=O)[C@@H]2CC(=O)N([C@@H](C)c3ccccc3)C2)no1. The van der Waals surface area contributed by atoms with E-state index in [2.05, 4.69) is 10.5 Å². The van der Waals surface area contributed by atoms with Crippen molar-refractivity contribution in [1.29, 1.82) is 0 Å². The predicted octanol–water partition coefficient (Wildman–Crippen LogP) is 2.07. The first-order valence-electron chi connectivity index (χ1n) is 8.68. The number of aryl methyl sites for hydroxylation is 1. The monoisotopic (exact) mass is 371 g/mol. The van der Waals surface area contributed by atoms with Crippen LogP contribution in [0.5, 0.6) is 0 Å². The van der Waals surface area contributed by atoms with Crippen LogP contribution in [-0.2, 0) is 19.1 Å². The van der Waals surface area contributed by atoms with Gasteiger partial charge in [0.25, 0.3) is 5.91 Å². The van der Waals surface area contributed by atoms with E-state index in [1.54, 1.807) is 17.9 Å². The predicted molar refractivity (Wildman–Crippen MR) is 95.5 cm³/mol. The van der Waals surface area contributed by atoms with Gasteiger partial charge in [0.15, 0.2) is 12.4 Å². The molecule has 1 saturated heterocycles. The Morgan fingerprint density at radius 3 is 2.78 bits per heavy atom. The van der Waals surface area contributed by atoms with Crippen LogP contribution < -0.4 is 5.32 Å². The van der Waals surface area contributed by atoms with Crippen LogP contribution in [0.25, 0.3) is 0 Å². The smallest absolute Gasteiger partial charge is 0.311 e. The number of carbonyl (C=O) groups is 3. The number of nitrogens with one attached hydrogen (secondary N) is 1. The van der Waals surface area contributed by atoms with Gasteiger partial charge in [-0.15, -0.1) is 0 Å². The Morgan fingerprint density at radius 2 is 2.11 bits per heavy atom. The molecule has 1 N–H and O–H groups in total. The molecule has 1 fully saturated rings. The minimum atomic E-state index is -0.578. The van der Waals surface area contributed by atoms with Crippen LogP contribution in [0.15, 0.2) is 40.9 Å². The summed E-state index contributed by atoms with van der Waals surface area (Å²) in [6, 6.07) is 11.0. The van der Waals surface area contributed by atoms with E-state index in [9.17, 15) is 14.4 Å². The number of hydrogen-bond donors (Lipinski definition) is 1. The zero-order valence-electron chi connectivity index (χ0n) is 15.2. The number of ether oxygens (including phenoxy) is 1. The highest BCUT2D eigenvalue weighted by molar-refractivity contribution is 5.93. The zero-order valence-corrected chi connectivity index (χ0v) is 15.2. The Balaban J connectivity index is 1.50. The van der Waals surface area contributed by atoms with Crippen molar-refractivity contribution in [3.63, 3.8) is 0 Å². The van der Waals surface area contributed by atoms with Crippen molar-refractivity contribution in [1.82, 2.24) is 10.1 Å². The normalized spacial score (nSPS) is 17.6. The summed E-state index contributed by atoms with van der Waals surface area (Å²) in [6.07, 6.45) is 0.0834. The second kappa shape index (κ2) is 8.03. The summed E-state index contributed by atoms with van der Waals surface area (Å²) in [5, 5.41) is 6.10. The highest BCUT2D eigenvalue weighted by Crippen LogP contribution is 2.28. The van der Waals surface area contributed by atoms with E-state index >= 15 is 0 Å². The molecule has 2 amide bonds. The van der Waals surface area contributed by atoms with Gasteiger partial charge in [0.1, 0.15) is 5.76 Å². The second-order valence-electron chi connectivity index (χ2n) is 6.51. The van der Waals surface area contributed by atoms with Crippen molar-refractivity contribution in [2.24, 2.45) is 5.92 Å². The maximum atomic E-state index is 12.3. The minimum Gasteiger partial charge on any atom is -0.455 e. The molecule has 0 spiro atoms. The van der Waals surface area contributed by atoms with Gasteiger partial charge in [-0.05, 0) is 19.4 Å². The molecule has 1 aromatic carbocycles. The number of nitrogens with zero attached hydrogens (tertiary/aromatic N) is 2. The molecule has 0 saturated carbocycles. The number of carbonyl (C=O) groups excluding carboxylic acids is 3. The molecular weight excluding hydrogens is 350 g/mol. The molecule has 1 aliphatic rings. The minimum absolute atomic E-state index is 0.0834. The molecule has 0 bridgehead atoms. The molecule has 8 nitrogen and oxygen atoms in total. The molecule has 2 atom stereocenters. The Hall–Kier alpha value is -3.16. The van der Waals surface area contributed by atoms with E-state index in [1.165, 1.54) is 0 Å². The van der Waals surface area contributed by atoms with E-state index in [-0.39, 0.29) is 30.7 Å². The van der Waals surface area contributed by atoms with Gasteiger partial charge < -0.3 is 19.5 Å². The third-order valence-electron chi connectivity index (χ3n) is 4.48. The maximum Gasteiger partial charge on any atom is 0.311 e. The number of likely N-dealkylation sites (tertiary alicyclic amines) is 1. The number of aromatic nitrogens is 1. The molecule has 0 radical (unpaired) electrons. The molecule has 0 aliphatic carbocycles. The standard InChI is InChI=1S/C19H21N3O5/c1-12-8-16(21-27-12)20-17(23)11-26-19(25)15-9-18(24)22(10-15)13(2)14-6-4-3-5-7-14/h3-8,13,15H,9-11H2,1-2H3,(H,20,21,23)/t13-,15+/m0/s1. The molecular formula is C19H21N3O5. The Labute approximate surface area is 156 Å². The van der Waals surface area contributed by atoms with Crippen LogP contribution in [0, 0.1) is 12.8 Å². The van der Waals surface area contributed by atoms with Crippen molar-refractivity contribution in [3.8, 4) is 0 Å². The zero-order chi connectivity index (χ0) is 19.4. The van der Waals surface area contributed by atoms with E-state index in [1.807, 2.05) is 37.3 Å². The number of anilines is 1. The molecule has 8 heteroatoms. The van der Waals surface area contributed by atoms with Crippen molar-refractivity contribution in [2.75, 3.05) is 18.5 Å². The quantitative estimate of drug-likeness (QED) is 0.780. The molecule has 1 aliphatic heterocycles. The van der Waals surface area contributed by atoms with Gasteiger partial charge in [-0.25, -0.2) is 0 Å².